The number of aromatic nitrogens is 1. The Hall–Kier alpha value is -0.890. The fraction of sp³-hybridized carbons (Fsp3) is 0.583. The van der Waals surface area contributed by atoms with Crippen LogP contribution in [0.1, 0.15) is 38.2 Å². The lowest BCUT2D eigenvalue weighted by atomic mass is 10.2. The Balaban J connectivity index is 2.34. The largest absolute Gasteiger partial charge is 0.391 e. The number of aliphatic hydroxyl groups excluding tert-OH is 1. The van der Waals surface area contributed by atoms with Crippen LogP contribution < -0.4 is 4.57 Å². The SMILES string of the molecule is CCCCCC[n+]1cccc(CO)c1. The van der Waals surface area contributed by atoms with Crippen LogP contribution in [0, 0.1) is 0 Å². The average molecular weight is 194 g/mol. The van der Waals surface area contributed by atoms with Gasteiger partial charge in [0.2, 0.25) is 0 Å². The number of aliphatic hydroxyl groups is 1. The molecule has 0 fully saturated rings. The predicted octanol–water partition coefficient (Wildman–Crippen LogP) is 2.05. The quantitative estimate of drug-likeness (QED) is 0.544. The Morgan fingerprint density at radius 3 is 2.86 bits per heavy atom. The second-order valence-electron chi connectivity index (χ2n) is 3.67. The maximum atomic E-state index is 8.96. The summed E-state index contributed by atoms with van der Waals surface area (Å²) in [5.41, 5.74) is 0.989. The molecule has 1 heterocycles. The highest BCUT2D eigenvalue weighted by Crippen LogP contribution is 1.99. The van der Waals surface area contributed by atoms with Crippen LogP contribution >= 0.6 is 0 Å². The van der Waals surface area contributed by atoms with Crippen LogP contribution in [0.2, 0.25) is 0 Å². The number of hydrogen-bond donors (Lipinski definition) is 1. The topological polar surface area (TPSA) is 24.1 Å². The zero-order valence-corrected chi connectivity index (χ0v) is 8.95. The molecule has 0 amide bonds. The van der Waals surface area contributed by atoms with Gasteiger partial charge in [0.25, 0.3) is 0 Å². The molecule has 1 N–H and O–H groups in total. The first kappa shape index (κ1) is 11.2. The molecule has 14 heavy (non-hydrogen) atoms. The van der Waals surface area contributed by atoms with Crippen molar-refractivity contribution in [1.82, 2.24) is 0 Å². The maximum absolute atomic E-state index is 8.96. The van der Waals surface area contributed by atoms with Crippen molar-refractivity contribution in [2.75, 3.05) is 0 Å². The van der Waals surface area contributed by atoms with Gasteiger partial charge in [-0.15, -0.1) is 0 Å². The van der Waals surface area contributed by atoms with Crippen molar-refractivity contribution in [3.8, 4) is 0 Å². The highest BCUT2D eigenvalue weighted by atomic mass is 16.3. The Kier molecular flexibility index (Phi) is 5.23. The van der Waals surface area contributed by atoms with E-state index in [0.717, 1.165) is 12.1 Å². The number of aryl methyl sites for hydroxylation is 1. The molecule has 78 valence electrons. The molecule has 0 bridgehead atoms. The zero-order valence-electron chi connectivity index (χ0n) is 8.95. The number of rotatable bonds is 6. The summed E-state index contributed by atoms with van der Waals surface area (Å²) >= 11 is 0. The van der Waals surface area contributed by atoms with Crippen LogP contribution in [0.4, 0.5) is 0 Å². The summed E-state index contributed by atoms with van der Waals surface area (Å²) in [5.74, 6) is 0. The molecule has 0 aromatic carbocycles. The van der Waals surface area contributed by atoms with Gasteiger partial charge in [0, 0.05) is 18.1 Å². The molecule has 0 radical (unpaired) electrons. The van der Waals surface area contributed by atoms with Crippen molar-refractivity contribution < 1.29 is 9.67 Å². The van der Waals surface area contributed by atoms with Crippen LogP contribution in [-0.4, -0.2) is 5.11 Å². The van der Waals surface area contributed by atoms with E-state index in [1.807, 2.05) is 18.3 Å². The van der Waals surface area contributed by atoms with Gasteiger partial charge < -0.3 is 5.11 Å². The predicted molar refractivity (Wildman–Crippen MR) is 56.7 cm³/mol. The van der Waals surface area contributed by atoms with Crippen LogP contribution in [0.3, 0.4) is 0 Å². The van der Waals surface area contributed by atoms with E-state index < -0.39 is 0 Å². The maximum Gasteiger partial charge on any atom is 0.174 e. The fourth-order valence-electron chi connectivity index (χ4n) is 1.53. The number of hydrogen-bond acceptors (Lipinski definition) is 1. The van der Waals surface area contributed by atoms with E-state index in [2.05, 4.69) is 17.7 Å². The molecule has 2 nitrogen and oxygen atoms in total. The number of unbranched alkanes of at least 4 members (excludes halogenated alkanes) is 3. The second kappa shape index (κ2) is 6.55. The standard InChI is InChI=1S/C12H20NO/c1-2-3-4-5-8-13-9-6-7-12(10-13)11-14/h6-7,9-10,14H,2-5,8,11H2,1H3/q+1. The minimum absolute atomic E-state index is 0.135. The summed E-state index contributed by atoms with van der Waals surface area (Å²) < 4.78 is 2.15. The highest BCUT2D eigenvalue weighted by Gasteiger charge is 2.00. The van der Waals surface area contributed by atoms with Crippen molar-refractivity contribution in [3.05, 3.63) is 30.1 Å². The average Bonchev–Trinajstić information content (AvgIpc) is 2.25. The molecular weight excluding hydrogens is 174 g/mol. The first-order chi connectivity index (χ1) is 6.86. The van der Waals surface area contributed by atoms with E-state index in [-0.39, 0.29) is 6.61 Å². The third-order valence-corrected chi connectivity index (χ3v) is 2.37. The van der Waals surface area contributed by atoms with E-state index >= 15 is 0 Å². The van der Waals surface area contributed by atoms with Crippen LogP contribution in [0.5, 0.6) is 0 Å². The first-order valence-corrected chi connectivity index (χ1v) is 5.45. The Labute approximate surface area is 86.2 Å². The third kappa shape index (κ3) is 3.88. The van der Waals surface area contributed by atoms with E-state index in [1.54, 1.807) is 0 Å². The van der Waals surface area contributed by atoms with Crippen molar-refractivity contribution in [2.45, 2.75) is 45.8 Å². The molecule has 0 saturated carbocycles. The Morgan fingerprint density at radius 1 is 1.29 bits per heavy atom. The van der Waals surface area contributed by atoms with Crippen LogP contribution in [0.25, 0.3) is 0 Å². The minimum atomic E-state index is 0.135. The van der Waals surface area contributed by atoms with Gasteiger partial charge in [0.1, 0.15) is 6.54 Å². The third-order valence-electron chi connectivity index (χ3n) is 2.37. The normalized spacial score (nSPS) is 10.4. The summed E-state index contributed by atoms with van der Waals surface area (Å²) in [7, 11) is 0. The lowest BCUT2D eigenvalue weighted by molar-refractivity contribution is -0.697. The van der Waals surface area contributed by atoms with E-state index in [9.17, 15) is 0 Å². The molecule has 2 heteroatoms. The summed E-state index contributed by atoms with van der Waals surface area (Å²) in [4.78, 5) is 0. The van der Waals surface area contributed by atoms with Gasteiger partial charge in [-0.2, -0.15) is 0 Å². The second-order valence-corrected chi connectivity index (χ2v) is 3.67. The number of nitrogens with zero attached hydrogens (tertiary/aromatic N) is 1. The van der Waals surface area contributed by atoms with E-state index in [1.165, 1.54) is 25.7 Å². The van der Waals surface area contributed by atoms with Crippen molar-refractivity contribution in [1.29, 1.82) is 0 Å². The molecule has 0 unspecified atom stereocenters. The summed E-state index contributed by atoms with van der Waals surface area (Å²) in [5, 5.41) is 8.96. The monoisotopic (exact) mass is 194 g/mol. The van der Waals surface area contributed by atoms with Gasteiger partial charge in [-0.3, -0.25) is 0 Å². The van der Waals surface area contributed by atoms with Crippen LogP contribution in [-0.2, 0) is 13.2 Å². The molecule has 1 aromatic rings. The van der Waals surface area contributed by atoms with Crippen LogP contribution in [0.15, 0.2) is 24.5 Å². The van der Waals surface area contributed by atoms with Gasteiger partial charge in [0.05, 0.1) is 6.61 Å². The van der Waals surface area contributed by atoms with Gasteiger partial charge in [-0.05, 0) is 12.5 Å². The molecule has 0 saturated heterocycles. The van der Waals surface area contributed by atoms with Gasteiger partial charge >= 0.3 is 0 Å². The fourth-order valence-corrected chi connectivity index (χ4v) is 1.53. The van der Waals surface area contributed by atoms with Crippen molar-refractivity contribution in [3.63, 3.8) is 0 Å². The van der Waals surface area contributed by atoms with Gasteiger partial charge in [-0.1, -0.05) is 19.8 Å². The van der Waals surface area contributed by atoms with Gasteiger partial charge in [-0.25, -0.2) is 4.57 Å². The zero-order chi connectivity index (χ0) is 10.2. The highest BCUT2D eigenvalue weighted by molar-refractivity contribution is 5.02. The summed E-state index contributed by atoms with van der Waals surface area (Å²) in [6.45, 7) is 3.42. The molecule has 0 aliphatic heterocycles. The molecule has 1 rings (SSSR count). The molecule has 0 aliphatic carbocycles. The smallest absolute Gasteiger partial charge is 0.174 e. The van der Waals surface area contributed by atoms with Crippen molar-refractivity contribution in [2.24, 2.45) is 0 Å². The lowest BCUT2D eigenvalue weighted by Crippen LogP contribution is -2.33. The van der Waals surface area contributed by atoms with E-state index in [4.69, 9.17) is 5.11 Å². The summed E-state index contributed by atoms with van der Waals surface area (Å²) in [6.07, 6.45) is 9.21. The van der Waals surface area contributed by atoms with E-state index in [0.29, 0.717) is 0 Å². The Morgan fingerprint density at radius 2 is 2.14 bits per heavy atom. The molecule has 0 spiro atoms. The molecule has 0 aliphatic rings. The minimum Gasteiger partial charge on any atom is -0.391 e. The molecule has 0 atom stereocenters. The number of pyridine rings is 1. The first-order valence-electron chi connectivity index (χ1n) is 5.45. The molecule has 1 aromatic heterocycles. The summed E-state index contributed by atoms with van der Waals surface area (Å²) in [6, 6.07) is 3.94. The van der Waals surface area contributed by atoms with Crippen molar-refractivity contribution >= 4 is 0 Å². The Bertz CT molecular complexity index is 260. The lowest BCUT2D eigenvalue weighted by Gasteiger charge is -1.98. The van der Waals surface area contributed by atoms with Gasteiger partial charge in [0.15, 0.2) is 12.4 Å². The molecular formula is C12H20NO+.